The predicted octanol–water partition coefficient (Wildman–Crippen LogP) is 3.08. The van der Waals surface area contributed by atoms with E-state index in [2.05, 4.69) is 15.3 Å². The van der Waals surface area contributed by atoms with Gasteiger partial charge in [0.05, 0.1) is 26.2 Å². The summed E-state index contributed by atoms with van der Waals surface area (Å²) in [6, 6.07) is 12.8. The van der Waals surface area contributed by atoms with Crippen LogP contribution in [0.1, 0.15) is 0 Å². The van der Waals surface area contributed by atoms with Crippen LogP contribution >= 0.6 is 0 Å². The Morgan fingerprint density at radius 2 is 1.54 bits per heavy atom. The number of aromatic nitrogens is 2. The van der Waals surface area contributed by atoms with Gasteiger partial charge in [-0.3, -0.25) is 0 Å². The first-order valence-electron chi connectivity index (χ1n) is 8.20. The molecule has 9 heteroatoms. The van der Waals surface area contributed by atoms with Gasteiger partial charge in [-0.1, -0.05) is 18.2 Å². The molecule has 0 radical (unpaired) electrons. The summed E-state index contributed by atoms with van der Waals surface area (Å²) in [5.41, 5.74) is 0.545. The van der Waals surface area contributed by atoms with Gasteiger partial charge in [0.2, 0.25) is 21.5 Å². The maximum absolute atomic E-state index is 12.7. The molecule has 0 aliphatic rings. The second-order valence-electron chi connectivity index (χ2n) is 5.57. The number of nitrogens with one attached hydrogen (secondary N) is 1. The van der Waals surface area contributed by atoms with Crippen molar-refractivity contribution >= 4 is 21.5 Å². The van der Waals surface area contributed by atoms with E-state index in [1.54, 1.807) is 30.3 Å². The van der Waals surface area contributed by atoms with Crippen LogP contribution in [0, 0.1) is 0 Å². The molecule has 0 fully saturated rings. The largest absolute Gasteiger partial charge is 0.493 e. The summed E-state index contributed by atoms with van der Waals surface area (Å²) in [5, 5.41) is 2.86. The second-order valence-corrected chi connectivity index (χ2v) is 7.47. The zero-order valence-electron chi connectivity index (χ0n) is 15.5. The molecule has 0 aliphatic heterocycles. The SMILES string of the molecule is COc1cc(Nc2nccc(S(=O)(=O)c3ccccc3)n2)cc(OC)c1OC. The van der Waals surface area contributed by atoms with Gasteiger partial charge in [-0.15, -0.1) is 0 Å². The van der Waals surface area contributed by atoms with Gasteiger partial charge >= 0.3 is 0 Å². The number of benzene rings is 2. The minimum Gasteiger partial charge on any atom is -0.493 e. The zero-order chi connectivity index (χ0) is 20.1. The fraction of sp³-hybridized carbons (Fsp3) is 0.158. The van der Waals surface area contributed by atoms with Crippen LogP contribution in [0.4, 0.5) is 11.6 Å². The molecule has 0 amide bonds. The first kappa shape index (κ1) is 19.4. The van der Waals surface area contributed by atoms with Gasteiger partial charge in [0.25, 0.3) is 0 Å². The minimum atomic E-state index is -3.75. The van der Waals surface area contributed by atoms with Crippen molar-refractivity contribution < 1.29 is 22.6 Å². The molecule has 0 atom stereocenters. The van der Waals surface area contributed by atoms with E-state index in [1.165, 1.54) is 45.7 Å². The van der Waals surface area contributed by atoms with Crippen LogP contribution in [-0.4, -0.2) is 39.7 Å². The van der Waals surface area contributed by atoms with Crippen molar-refractivity contribution in [1.82, 2.24) is 9.97 Å². The summed E-state index contributed by atoms with van der Waals surface area (Å²) in [6.07, 6.45) is 1.38. The van der Waals surface area contributed by atoms with E-state index in [-0.39, 0.29) is 15.9 Å². The second kappa shape index (κ2) is 8.13. The highest BCUT2D eigenvalue weighted by Crippen LogP contribution is 2.40. The third-order valence-electron chi connectivity index (χ3n) is 3.88. The Morgan fingerprint density at radius 1 is 0.893 bits per heavy atom. The Hall–Kier alpha value is -3.33. The molecule has 146 valence electrons. The number of rotatable bonds is 7. The van der Waals surface area contributed by atoms with Crippen LogP contribution in [0.3, 0.4) is 0 Å². The first-order chi connectivity index (χ1) is 13.5. The van der Waals surface area contributed by atoms with Crippen molar-refractivity contribution in [3.05, 3.63) is 54.7 Å². The van der Waals surface area contributed by atoms with Gasteiger partial charge in [-0.05, 0) is 18.2 Å². The van der Waals surface area contributed by atoms with E-state index in [0.29, 0.717) is 22.9 Å². The van der Waals surface area contributed by atoms with Crippen LogP contribution in [0.25, 0.3) is 0 Å². The maximum Gasteiger partial charge on any atom is 0.228 e. The molecule has 0 unspecified atom stereocenters. The van der Waals surface area contributed by atoms with Gasteiger partial charge in [0, 0.05) is 24.0 Å². The Bertz CT molecular complexity index is 1050. The average Bonchev–Trinajstić information content (AvgIpc) is 2.73. The highest BCUT2D eigenvalue weighted by atomic mass is 32.2. The molecule has 3 rings (SSSR count). The van der Waals surface area contributed by atoms with E-state index in [9.17, 15) is 8.42 Å². The Morgan fingerprint density at radius 3 is 2.11 bits per heavy atom. The van der Waals surface area contributed by atoms with Crippen molar-refractivity contribution in [2.45, 2.75) is 9.92 Å². The van der Waals surface area contributed by atoms with Crippen LogP contribution < -0.4 is 19.5 Å². The number of hydrogen-bond donors (Lipinski definition) is 1. The highest BCUT2D eigenvalue weighted by Gasteiger charge is 2.20. The molecular weight excluding hydrogens is 382 g/mol. The quantitative estimate of drug-likeness (QED) is 0.603. The normalized spacial score (nSPS) is 11.0. The van der Waals surface area contributed by atoms with Gasteiger partial charge in [0.15, 0.2) is 16.5 Å². The molecule has 0 spiro atoms. The first-order valence-corrected chi connectivity index (χ1v) is 9.68. The predicted molar refractivity (Wildman–Crippen MR) is 103 cm³/mol. The van der Waals surface area contributed by atoms with Crippen LogP contribution in [0.2, 0.25) is 0 Å². The molecule has 0 saturated heterocycles. The number of hydrogen-bond acceptors (Lipinski definition) is 8. The zero-order valence-corrected chi connectivity index (χ0v) is 16.4. The molecule has 0 saturated carbocycles. The number of methoxy groups -OCH3 is 3. The van der Waals surface area contributed by atoms with Crippen LogP contribution in [0.5, 0.6) is 17.2 Å². The fourth-order valence-corrected chi connectivity index (χ4v) is 3.76. The molecule has 2 aromatic carbocycles. The molecule has 1 heterocycles. The van der Waals surface area contributed by atoms with E-state index in [4.69, 9.17) is 14.2 Å². The summed E-state index contributed by atoms with van der Waals surface area (Å²) in [5.74, 6) is 1.44. The lowest BCUT2D eigenvalue weighted by Gasteiger charge is -2.14. The van der Waals surface area contributed by atoms with Gasteiger partial charge < -0.3 is 19.5 Å². The average molecular weight is 401 g/mol. The standard InChI is InChI=1S/C19H19N3O5S/c1-25-15-11-13(12-16(26-2)18(15)27-3)21-19-20-10-9-17(22-19)28(23,24)14-7-5-4-6-8-14/h4-12H,1-3H3,(H,20,21,22). The van der Waals surface area contributed by atoms with Crippen molar-refractivity contribution in [2.24, 2.45) is 0 Å². The monoisotopic (exact) mass is 401 g/mol. The lowest BCUT2D eigenvalue weighted by atomic mass is 10.2. The van der Waals surface area contributed by atoms with Crippen LogP contribution in [-0.2, 0) is 9.84 Å². The maximum atomic E-state index is 12.7. The fourth-order valence-electron chi connectivity index (χ4n) is 2.55. The molecule has 28 heavy (non-hydrogen) atoms. The lowest BCUT2D eigenvalue weighted by Crippen LogP contribution is -2.07. The summed E-state index contributed by atoms with van der Waals surface area (Å²) in [6.45, 7) is 0. The third-order valence-corrected chi connectivity index (χ3v) is 5.55. The van der Waals surface area contributed by atoms with Crippen molar-refractivity contribution in [3.8, 4) is 17.2 Å². The number of anilines is 2. The molecule has 0 aliphatic carbocycles. The molecule has 0 bridgehead atoms. The van der Waals surface area contributed by atoms with Crippen molar-refractivity contribution in [2.75, 3.05) is 26.6 Å². The Labute approximate surface area is 163 Å². The topological polar surface area (TPSA) is 99.6 Å². The van der Waals surface area contributed by atoms with Gasteiger partial charge in [-0.25, -0.2) is 18.4 Å². The number of nitrogens with zero attached hydrogens (tertiary/aromatic N) is 2. The van der Waals surface area contributed by atoms with Crippen LogP contribution in [0.15, 0.2) is 64.6 Å². The summed E-state index contributed by atoms with van der Waals surface area (Å²) in [7, 11) is 0.767. The highest BCUT2D eigenvalue weighted by molar-refractivity contribution is 7.91. The number of ether oxygens (including phenoxy) is 3. The summed E-state index contributed by atoms with van der Waals surface area (Å²) >= 11 is 0. The smallest absolute Gasteiger partial charge is 0.228 e. The summed E-state index contributed by atoms with van der Waals surface area (Å²) < 4.78 is 41.4. The molecule has 1 N–H and O–H groups in total. The Balaban J connectivity index is 1.96. The van der Waals surface area contributed by atoms with E-state index in [0.717, 1.165) is 0 Å². The van der Waals surface area contributed by atoms with Gasteiger partial charge in [0.1, 0.15) is 0 Å². The van der Waals surface area contributed by atoms with Crippen molar-refractivity contribution in [3.63, 3.8) is 0 Å². The van der Waals surface area contributed by atoms with E-state index < -0.39 is 9.84 Å². The summed E-state index contributed by atoms with van der Waals surface area (Å²) in [4.78, 5) is 8.40. The molecule has 1 aromatic heterocycles. The van der Waals surface area contributed by atoms with Crippen molar-refractivity contribution in [1.29, 1.82) is 0 Å². The molecule has 3 aromatic rings. The Kier molecular flexibility index (Phi) is 5.65. The lowest BCUT2D eigenvalue weighted by molar-refractivity contribution is 0.324. The number of sulfone groups is 1. The minimum absolute atomic E-state index is 0.108. The van der Waals surface area contributed by atoms with E-state index >= 15 is 0 Å². The molecular formula is C19H19N3O5S. The third kappa shape index (κ3) is 3.84. The molecule has 8 nitrogen and oxygen atoms in total. The van der Waals surface area contributed by atoms with E-state index in [1.807, 2.05) is 0 Å². The van der Waals surface area contributed by atoms with Gasteiger partial charge in [-0.2, -0.15) is 0 Å².